The van der Waals surface area contributed by atoms with Gasteiger partial charge in [0.1, 0.15) is 0 Å². The Hall–Kier alpha value is -6.90. The van der Waals surface area contributed by atoms with Crippen LogP contribution in [0.15, 0.2) is 212 Å². The highest BCUT2D eigenvalue weighted by atomic mass is 15.1. The van der Waals surface area contributed by atoms with Gasteiger partial charge in [-0.1, -0.05) is 152 Å². The third kappa shape index (κ3) is 7.73. The molecule has 0 saturated carbocycles. The molecule has 2 nitrogen and oxygen atoms in total. The summed E-state index contributed by atoms with van der Waals surface area (Å²) in [5.74, 6) is 0. The largest absolute Gasteiger partial charge is 0.311 e. The topological polar surface area (TPSA) is 6.48 Å². The molecule has 0 aliphatic rings. The second kappa shape index (κ2) is 15.6. The molecular formula is C51H40N2. The minimum atomic E-state index is 1.12. The van der Waals surface area contributed by atoms with Crippen LogP contribution in [0.5, 0.6) is 0 Å². The van der Waals surface area contributed by atoms with E-state index >= 15 is 0 Å². The molecule has 0 N–H and O–H groups in total. The summed E-state index contributed by atoms with van der Waals surface area (Å²) < 4.78 is 0. The standard InChI is InChI=1S/C51H40N2/c1-39-12-11-19-51(38-39)53(50-36-28-44(29-37-50)42-13-5-2-6-14-42)48-32-24-41(25-33-48)21-20-40-22-26-43(27-23-40)45-30-34-49(35-31-45)52(46-15-7-3-8-16-46)47-17-9-4-10-18-47/h2-38H,1H3. The zero-order valence-corrected chi connectivity index (χ0v) is 29.8. The Morgan fingerprint density at radius 2 is 0.604 bits per heavy atom. The molecule has 0 aliphatic heterocycles. The van der Waals surface area contributed by atoms with Gasteiger partial charge in [-0.3, -0.25) is 0 Å². The highest BCUT2D eigenvalue weighted by Gasteiger charge is 2.14. The predicted molar refractivity (Wildman–Crippen MR) is 227 cm³/mol. The fourth-order valence-electron chi connectivity index (χ4n) is 6.77. The van der Waals surface area contributed by atoms with Crippen molar-refractivity contribution in [1.29, 1.82) is 0 Å². The van der Waals surface area contributed by atoms with E-state index in [4.69, 9.17) is 0 Å². The average Bonchev–Trinajstić information content (AvgIpc) is 3.23. The Kier molecular flexibility index (Phi) is 9.76. The molecule has 0 saturated heterocycles. The van der Waals surface area contributed by atoms with E-state index < -0.39 is 0 Å². The minimum Gasteiger partial charge on any atom is -0.311 e. The molecule has 8 rings (SSSR count). The van der Waals surface area contributed by atoms with Gasteiger partial charge in [0, 0.05) is 34.1 Å². The SMILES string of the molecule is Cc1cccc(N(c2ccc(C=Cc3ccc(-c4ccc(N(c5ccccc5)c5ccccc5)cc4)cc3)cc2)c2ccc(-c3ccccc3)cc2)c1. The van der Waals surface area contributed by atoms with Crippen LogP contribution in [0, 0.1) is 6.92 Å². The van der Waals surface area contributed by atoms with Crippen molar-refractivity contribution in [3.63, 3.8) is 0 Å². The second-order valence-electron chi connectivity index (χ2n) is 13.2. The molecule has 0 fully saturated rings. The predicted octanol–water partition coefficient (Wildman–Crippen LogP) is 14.4. The van der Waals surface area contributed by atoms with E-state index in [0.717, 1.165) is 45.3 Å². The normalized spacial score (nSPS) is 11.0. The molecule has 8 aromatic carbocycles. The van der Waals surface area contributed by atoms with Gasteiger partial charge in [-0.25, -0.2) is 0 Å². The molecule has 0 unspecified atom stereocenters. The van der Waals surface area contributed by atoms with Gasteiger partial charge in [-0.2, -0.15) is 0 Å². The maximum Gasteiger partial charge on any atom is 0.0464 e. The number of hydrogen-bond donors (Lipinski definition) is 0. The van der Waals surface area contributed by atoms with Crippen LogP contribution in [-0.2, 0) is 0 Å². The lowest BCUT2D eigenvalue weighted by molar-refractivity contribution is 1.27. The Bertz CT molecular complexity index is 2360. The van der Waals surface area contributed by atoms with Gasteiger partial charge in [0.05, 0.1) is 0 Å². The third-order valence-corrected chi connectivity index (χ3v) is 9.51. The lowest BCUT2D eigenvalue weighted by Gasteiger charge is -2.26. The molecule has 0 heterocycles. The first kappa shape index (κ1) is 33.3. The van der Waals surface area contributed by atoms with Crippen molar-refractivity contribution in [2.24, 2.45) is 0 Å². The summed E-state index contributed by atoms with van der Waals surface area (Å²) in [4.78, 5) is 4.61. The van der Waals surface area contributed by atoms with Crippen molar-refractivity contribution < 1.29 is 0 Å². The summed E-state index contributed by atoms with van der Waals surface area (Å²) in [6.07, 6.45) is 4.36. The Morgan fingerprint density at radius 1 is 0.283 bits per heavy atom. The molecule has 0 radical (unpaired) electrons. The Labute approximate surface area is 313 Å². The molecule has 2 heteroatoms. The van der Waals surface area contributed by atoms with Crippen molar-refractivity contribution in [1.82, 2.24) is 0 Å². The van der Waals surface area contributed by atoms with Crippen LogP contribution in [-0.4, -0.2) is 0 Å². The summed E-state index contributed by atoms with van der Waals surface area (Å²) in [7, 11) is 0. The number of para-hydroxylation sites is 2. The van der Waals surface area contributed by atoms with Crippen molar-refractivity contribution in [2.75, 3.05) is 9.80 Å². The highest BCUT2D eigenvalue weighted by molar-refractivity contribution is 5.81. The number of nitrogens with zero attached hydrogens (tertiary/aromatic N) is 2. The smallest absolute Gasteiger partial charge is 0.0464 e. The fourth-order valence-corrected chi connectivity index (χ4v) is 6.77. The van der Waals surface area contributed by atoms with Crippen molar-refractivity contribution >= 4 is 46.3 Å². The van der Waals surface area contributed by atoms with Crippen LogP contribution >= 0.6 is 0 Å². The molecule has 0 aliphatic carbocycles. The summed E-state index contributed by atoms with van der Waals surface area (Å²) in [6, 6.07) is 75.4. The van der Waals surface area contributed by atoms with Crippen molar-refractivity contribution in [3.05, 3.63) is 229 Å². The quantitative estimate of drug-likeness (QED) is 0.133. The second-order valence-corrected chi connectivity index (χ2v) is 13.2. The summed E-state index contributed by atoms with van der Waals surface area (Å²) in [5, 5.41) is 0. The minimum absolute atomic E-state index is 1.12. The molecule has 0 atom stereocenters. The van der Waals surface area contributed by atoms with E-state index in [1.807, 2.05) is 0 Å². The average molecular weight is 681 g/mol. The first-order valence-corrected chi connectivity index (χ1v) is 18.1. The van der Waals surface area contributed by atoms with E-state index in [2.05, 4.69) is 241 Å². The molecule has 0 bridgehead atoms. The number of aryl methyl sites for hydroxylation is 1. The first-order valence-electron chi connectivity index (χ1n) is 18.1. The van der Waals surface area contributed by atoms with Crippen LogP contribution in [0.4, 0.5) is 34.1 Å². The molecule has 53 heavy (non-hydrogen) atoms. The molecule has 0 aromatic heterocycles. The van der Waals surface area contributed by atoms with Crippen molar-refractivity contribution in [3.8, 4) is 22.3 Å². The fraction of sp³-hybridized carbons (Fsp3) is 0.0196. The highest BCUT2D eigenvalue weighted by Crippen LogP contribution is 2.37. The monoisotopic (exact) mass is 680 g/mol. The van der Waals surface area contributed by atoms with Gasteiger partial charge < -0.3 is 9.80 Å². The lowest BCUT2D eigenvalue weighted by Crippen LogP contribution is -2.10. The third-order valence-electron chi connectivity index (χ3n) is 9.51. The molecular weight excluding hydrogens is 641 g/mol. The van der Waals surface area contributed by atoms with Crippen LogP contribution in [0.1, 0.15) is 16.7 Å². The van der Waals surface area contributed by atoms with E-state index in [1.165, 1.54) is 27.8 Å². The first-order chi connectivity index (χ1) is 26.2. The maximum absolute atomic E-state index is 2.32. The van der Waals surface area contributed by atoms with Crippen LogP contribution in [0.2, 0.25) is 0 Å². The van der Waals surface area contributed by atoms with Crippen LogP contribution in [0.3, 0.4) is 0 Å². The number of benzene rings is 8. The van der Waals surface area contributed by atoms with Gasteiger partial charge in [0.2, 0.25) is 0 Å². The van der Waals surface area contributed by atoms with E-state index in [0.29, 0.717) is 0 Å². The van der Waals surface area contributed by atoms with Gasteiger partial charge in [-0.05, 0) is 119 Å². The number of anilines is 6. The van der Waals surface area contributed by atoms with Gasteiger partial charge >= 0.3 is 0 Å². The van der Waals surface area contributed by atoms with Gasteiger partial charge in [0.25, 0.3) is 0 Å². The van der Waals surface area contributed by atoms with E-state index in [1.54, 1.807) is 0 Å². The van der Waals surface area contributed by atoms with E-state index in [-0.39, 0.29) is 0 Å². The zero-order chi connectivity index (χ0) is 35.8. The summed E-state index contributed by atoms with van der Waals surface area (Å²) in [6.45, 7) is 2.14. The van der Waals surface area contributed by atoms with Gasteiger partial charge in [-0.15, -0.1) is 0 Å². The summed E-state index contributed by atoms with van der Waals surface area (Å²) in [5.41, 5.74) is 15.1. The molecule has 0 amide bonds. The van der Waals surface area contributed by atoms with Crippen molar-refractivity contribution in [2.45, 2.75) is 6.92 Å². The lowest BCUT2D eigenvalue weighted by atomic mass is 10.0. The van der Waals surface area contributed by atoms with Gasteiger partial charge in [0.15, 0.2) is 0 Å². The molecule has 0 spiro atoms. The van der Waals surface area contributed by atoms with E-state index in [9.17, 15) is 0 Å². The maximum atomic E-state index is 2.32. The Balaban J connectivity index is 0.983. The molecule has 254 valence electrons. The van der Waals surface area contributed by atoms with Crippen LogP contribution < -0.4 is 9.80 Å². The number of rotatable bonds is 10. The summed E-state index contributed by atoms with van der Waals surface area (Å²) >= 11 is 0. The number of hydrogen-bond acceptors (Lipinski definition) is 2. The van der Waals surface area contributed by atoms with Crippen LogP contribution in [0.25, 0.3) is 34.4 Å². The Morgan fingerprint density at radius 3 is 1.06 bits per heavy atom. The molecule has 8 aromatic rings. The zero-order valence-electron chi connectivity index (χ0n) is 29.8.